The Morgan fingerprint density at radius 2 is 2.00 bits per heavy atom. The maximum atomic E-state index is 10.1. The fourth-order valence-electron chi connectivity index (χ4n) is 1.18. The minimum atomic E-state index is -0.820. The molecule has 12 heavy (non-hydrogen) atoms. The Bertz CT molecular complexity index is 233. The van der Waals surface area contributed by atoms with Gasteiger partial charge in [-0.3, -0.25) is 0 Å². The lowest BCUT2D eigenvalue weighted by Crippen LogP contribution is -2.41. The van der Waals surface area contributed by atoms with Gasteiger partial charge in [-0.2, -0.15) is 0 Å². The van der Waals surface area contributed by atoms with Crippen molar-refractivity contribution >= 4 is 0 Å². The van der Waals surface area contributed by atoms with E-state index in [9.17, 15) is 5.11 Å². The fraction of sp³-hybridized carbons (Fsp3) is 0.600. The topological polar surface area (TPSA) is 40.5 Å². The Kier molecular flexibility index (Phi) is 2.04. The molecule has 0 heterocycles. The highest BCUT2D eigenvalue weighted by Gasteiger charge is 2.37. The normalized spacial score (nSPS) is 30.2. The van der Waals surface area contributed by atoms with E-state index >= 15 is 0 Å². The number of rotatable bonds is 0. The van der Waals surface area contributed by atoms with Crippen LogP contribution in [0.2, 0.25) is 0 Å². The van der Waals surface area contributed by atoms with Gasteiger partial charge in [0, 0.05) is 6.42 Å². The van der Waals surface area contributed by atoms with Gasteiger partial charge in [-0.05, 0) is 23.6 Å². The maximum absolute atomic E-state index is 10.1. The minimum absolute atomic E-state index is 0.194. The quantitative estimate of drug-likeness (QED) is 0.582. The molecule has 68 valence electrons. The second kappa shape index (κ2) is 2.63. The van der Waals surface area contributed by atoms with Crippen LogP contribution in [-0.2, 0) is 0 Å². The van der Waals surface area contributed by atoms with Gasteiger partial charge in [0.15, 0.2) is 0 Å². The molecular weight excluding hydrogens is 152 g/mol. The number of allylic oxidation sites excluding steroid dienone is 1. The predicted molar refractivity (Wildman–Crippen MR) is 48.9 cm³/mol. The van der Waals surface area contributed by atoms with Crippen molar-refractivity contribution in [3.8, 4) is 0 Å². The minimum Gasteiger partial charge on any atom is -0.508 e. The molecule has 0 aliphatic heterocycles. The second-order valence-electron chi connectivity index (χ2n) is 4.34. The number of hydrogen-bond donors (Lipinski definition) is 2. The second-order valence-corrected chi connectivity index (χ2v) is 4.34. The van der Waals surface area contributed by atoms with Gasteiger partial charge in [0.2, 0.25) is 0 Å². The van der Waals surface area contributed by atoms with Crippen molar-refractivity contribution in [3.63, 3.8) is 0 Å². The number of aliphatic hydroxyl groups is 2. The van der Waals surface area contributed by atoms with Crippen LogP contribution in [0.25, 0.3) is 0 Å². The van der Waals surface area contributed by atoms with Gasteiger partial charge in [-0.1, -0.05) is 20.8 Å². The van der Waals surface area contributed by atoms with Gasteiger partial charge >= 0.3 is 0 Å². The van der Waals surface area contributed by atoms with Crippen molar-refractivity contribution in [2.24, 2.45) is 5.41 Å². The van der Waals surface area contributed by atoms with E-state index in [1.54, 1.807) is 18.2 Å². The largest absolute Gasteiger partial charge is 0.508 e. The third-order valence-electron chi connectivity index (χ3n) is 2.45. The van der Waals surface area contributed by atoms with Crippen LogP contribution in [0.4, 0.5) is 0 Å². The molecule has 0 bridgehead atoms. The lowest BCUT2D eigenvalue weighted by Gasteiger charge is -2.38. The van der Waals surface area contributed by atoms with Crippen LogP contribution in [0, 0.1) is 5.41 Å². The van der Waals surface area contributed by atoms with Crippen molar-refractivity contribution in [1.82, 2.24) is 0 Å². The summed E-state index contributed by atoms with van der Waals surface area (Å²) >= 11 is 0. The standard InChI is InChI=1S/C10H16O2/c1-9(2,3)10(12)6-4-8(11)5-7-10/h4-6,11-12H,7H2,1-3H3. The van der Waals surface area contributed by atoms with Crippen LogP contribution >= 0.6 is 0 Å². The molecule has 1 unspecified atom stereocenters. The van der Waals surface area contributed by atoms with Crippen molar-refractivity contribution in [1.29, 1.82) is 0 Å². The number of aliphatic hydroxyl groups excluding tert-OH is 1. The predicted octanol–water partition coefficient (Wildman–Crippen LogP) is 2.17. The Labute approximate surface area is 73.2 Å². The molecule has 2 N–H and O–H groups in total. The fourth-order valence-corrected chi connectivity index (χ4v) is 1.18. The average molecular weight is 168 g/mol. The van der Waals surface area contributed by atoms with Crippen molar-refractivity contribution in [3.05, 3.63) is 24.0 Å². The Balaban J connectivity index is 2.86. The highest BCUT2D eigenvalue weighted by atomic mass is 16.3. The van der Waals surface area contributed by atoms with Gasteiger partial charge < -0.3 is 10.2 Å². The first-order valence-corrected chi connectivity index (χ1v) is 4.16. The smallest absolute Gasteiger partial charge is 0.111 e. The molecule has 0 saturated carbocycles. The van der Waals surface area contributed by atoms with Crippen molar-refractivity contribution in [2.75, 3.05) is 0 Å². The molecule has 0 aromatic heterocycles. The van der Waals surface area contributed by atoms with E-state index in [-0.39, 0.29) is 11.2 Å². The van der Waals surface area contributed by atoms with E-state index in [1.807, 2.05) is 20.8 Å². The zero-order chi connectivity index (χ0) is 9.41. The Morgan fingerprint density at radius 3 is 2.33 bits per heavy atom. The summed E-state index contributed by atoms with van der Waals surface area (Å²) in [4.78, 5) is 0. The summed E-state index contributed by atoms with van der Waals surface area (Å²) in [6.45, 7) is 5.94. The monoisotopic (exact) mass is 168 g/mol. The summed E-state index contributed by atoms with van der Waals surface area (Å²) in [5, 5.41) is 19.2. The molecule has 0 saturated heterocycles. The van der Waals surface area contributed by atoms with Crippen LogP contribution in [0.5, 0.6) is 0 Å². The summed E-state index contributed by atoms with van der Waals surface area (Å²) in [5.74, 6) is 0.240. The van der Waals surface area contributed by atoms with Crippen LogP contribution in [0.15, 0.2) is 24.0 Å². The SMILES string of the molecule is CC(C)(C)C1(O)C=CC(O)=CC1. The summed E-state index contributed by atoms with van der Waals surface area (Å²) in [6, 6.07) is 0. The molecule has 0 fully saturated rings. The zero-order valence-corrected chi connectivity index (χ0v) is 7.83. The zero-order valence-electron chi connectivity index (χ0n) is 7.83. The lowest BCUT2D eigenvalue weighted by molar-refractivity contribution is -0.0130. The first-order valence-electron chi connectivity index (χ1n) is 4.16. The molecule has 0 amide bonds. The maximum Gasteiger partial charge on any atom is 0.111 e. The van der Waals surface area contributed by atoms with E-state index in [0.717, 1.165) is 0 Å². The molecule has 2 heteroatoms. The van der Waals surface area contributed by atoms with Crippen LogP contribution in [0.3, 0.4) is 0 Å². The third-order valence-corrected chi connectivity index (χ3v) is 2.45. The molecule has 0 aromatic rings. The van der Waals surface area contributed by atoms with Gasteiger partial charge in [0.1, 0.15) is 5.76 Å². The molecule has 1 aliphatic rings. The molecule has 0 radical (unpaired) electrons. The molecule has 2 nitrogen and oxygen atoms in total. The summed E-state index contributed by atoms with van der Waals surface area (Å²) in [7, 11) is 0. The van der Waals surface area contributed by atoms with Gasteiger partial charge in [-0.15, -0.1) is 0 Å². The molecule has 0 aromatic carbocycles. The summed E-state index contributed by atoms with van der Waals surface area (Å²) in [5.41, 5.74) is -1.01. The first-order chi connectivity index (χ1) is 5.35. The van der Waals surface area contributed by atoms with E-state index in [1.165, 1.54) is 0 Å². The van der Waals surface area contributed by atoms with Crippen LogP contribution in [-0.4, -0.2) is 15.8 Å². The Morgan fingerprint density at radius 1 is 1.42 bits per heavy atom. The molecule has 1 atom stereocenters. The van der Waals surface area contributed by atoms with Gasteiger partial charge in [-0.25, -0.2) is 0 Å². The first kappa shape index (κ1) is 9.33. The van der Waals surface area contributed by atoms with E-state index in [2.05, 4.69) is 0 Å². The Hall–Kier alpha value is -0.760. The summed E-state index contributed by atoms with van der Waals surface area (Å²) < 4.78 is 0. The van der Waals surface area contributed by atoms with Gasteiger partial charge in [0.25, 0.3) is 0 Å². The van der Waals surface area contributed by atoms with Crippen molar-refractivity contribution in [2.45, 2.75) is 32.8 Å². The molecule has 1 aliphatic carbocycles. The third kappa shape index (κ3) is 1.53. The molecule has 1 rings (SSSR count). The molecular formula is C10H16O2. The van der Waals surface area contributed by atoms with Crippen LogP contribution in [0.1, 0.15) is 27.2 Å². The molecule has 0 spiro atoms. The van der Waals surface area contributed by atoms with Crippen molar-refractivity contribution < 1.29 is 10.2 Å². The van der Waals surface area contributed by atoms with E-state index < -0.39 is 5.60 Å². The summed E-state index contributed by atoms with van der Waals surface area (Å²) in [6.07, 6.45) is 5.35. The highest BCUT2D eigenvalue weighted by Crippen LogP contribution is 2.36. The van der Waals surface area contributed by atoms with Crippen LogP contribution < -0.4 is 0 Å². The van der Waals surface area contributed by atoms with Gasteiger partial charge in [0.05, 0.1) is 5.60 Å². The average Bonchev–Trinajstić information content (AvgIpc) is 1.93. The highest BCUT2D eigenvalue weighted by molar-refractivity contribution is 5.24. The van der Waals surface area contributed by atoms with E-state index in [4.69, 9.17) is 5.11 Å². The lowest BCUT2D eigenvalue weighted by atomic mass is 9.73. The number of hydrogen-bond acceptors (Lipinski definition) is 2. The van der Waals surface area contributed by atoms with E-state index in [0.29, 0.717) is 6.42 Å².